The second-order valence-corrected chi connectivity index (χ2v) is 6.88. The van der Waals surface area contributed by atoms with Gasteiger partial charge in [-0.3, -0.25) is 20.4 Å². The van der Waals surface area contributed by atoms with E-state index in [1.54, 1.807) is 26.0 Å². The van der Waals surface area contributed by atoms with Crippen LogP contribution in [0, 0.1) is 13.8 Å². The summed E-state index contributed by atoms with van der Waals surface area (Å²) in [5, 5.41) is 0. The Morgan fingerprint density at radius 2 is 1.69 bits per heavy atom. The number of aromatic amines is 1. The van der Waals surface area contributed by atoms with Crippen molar-refractivity contribution >= 4 is 17.8 Å². The summed E-state index contributed by atoms with van der Waals surface area (Å²) in [4.78, 5) is 40.2. The second kappa shape index (κ2) is 11.8. The lowest BCUT2D eigenvalue weighted by Gasteiger charge is -2.12. The molecule has 32 heavy (non-hydrogen) atoms. The molecule has 10 heteroatoms. The van der Waals surface area contributed by atoms with Gasteiger partial charge < -0.3 is 23.9 Å². The topological polar surface area (TPSA) is 128 Å². The summed E-state index contributed by atoms with van der Waals surface area (Å²) in [6, 6.07) is 4.71. The monoisotopic (exact) mass is 447 g/mol. The molecule has 0 saturated carbocycles. The van der Waals surface area contributed by atoms with E-state index in [2.05, 4.69) is 15.8 Å². The highest BCUT2D eigenvalue weighted by Gasteiger charge is 2.23. The summed E-state index contributed by atoms with van der Waals surface area (Å²) in [6.07, 6.45) is 0.835. The highest BCUT2D eigenvalue weighted by molar-refractivity contribution is 6.02. The summed E-state index contributed by atoms with van der Waals surface area (Å²) < 4.78 is 20.8. The number of aryl methyl sites for hydroxylation is 1. The van der Waals surface area contributed by atoms with E-state index in [9.17, 15) is 14.4 Å². The number of esters is 1. The van der Waals surface area contributed by atoms with Crippen LogP contribution in [0.2, 0.25) is 0 Å². The molecule has 0 unspecified atom stereocenters. The Bertz CT molecular complexity index is 969. The van der Waals surface area contributed by atoms with Crippen LogP contribution in [-0.4, -0.2) is 56.8 Å². The Balaban J connectivity index is 2.05. The maximum Gasteiger partial charge on any atom is 0.340 e. The van der Waals surface area contributed by atoms with Crippen LogP contribution in [0.25, 0.3) is 0 Å². The van der Waals surface area contributed by atoms with Gasteiger partial charge >= 0.3 is 5.97 Å². The van der Waals surface area contributed by atoms with E-state index >= 15 is 0 Å². The van der Waals surface area contributed by atoms with Crippen molar-refractivity contribution < 1.29 is 33.3 Å². The van der Waals surface area contributed by atoms with Gasteiger partial charge in [0.25, 0.3) is 11.8 Å². The summed E-state index contributed by atoms with van der Waals surface area (Å²) in [7, 11) is 2.98. The molecule has 1 heterocycles. The van der Waals surface area contributed by atoms with Crippen molar-refractivity contribution in [2.45, 2.75) is 27.2 Å². The van der Waals surface area contributed by atoms with Gasteiger partial charge in [-0.25, -0.2) is 4.79 Å². The normalized spacial score (nSPS) is 10.4. The Kier molecular flexibility index (Phi) is 9.08. The highest BCUT2D eigenvalue weighted by atomic mass is 16.6. The molecule has 1 aromatic carbocycles. The number of ether oxygens (including phenoxy) is 4. The Morgan fingerprint density at radius 1 is 0.969 bits per heavy atom. The van der Waals surface area contributed by atoms with Gasteiger partial charge in [0.05, 0.1) is 25.9 Å². The number of carbonyl (C=O) groups excluding carboxylic acids is 3. The molecule has 0 spiro atoms. The van der Waals surface area contributed by atoms with Crippen molar-refractivity contribution in [1.29, 1.82) is 0 Å². The minimum absolute atomic E-state index is 0.0999. The number of carbonyl (C=O) groups is 3. The quantitative estimate of drug-likeness (QED) is 0.290. The molecule has 2 aromatic rings. The average Bonchev–Trinajstić information content (AvgIpc) is 3.09. The van der Waals surface area contributed by atoms with E-state index < -0.39 is 17.8 Å². The van der Waals surface area contributed by atoms with Crippen molar-refractivity contribution in [3.63, 3.8) is 0 Å². The predicted molar refractivity (Wildman–Crippen MR) is 116 cm³/mol. The van der Waals surface area contributed by atoms with Gasteiger partial charge in [0, 0.05) is 18.4 Å². The Morgan fingerprint density at radius 3 is 2.34 bits per heavy atom. The molecule has 0 bridgehead atoms. The van der Waals surface area contributed by atoms with Crippen LogP contribution in [0.5, 0.6) is 11.5 Å². The number of amides is 2. The molecule has 0 aliphatic rings. The predicted octanol–water partition coefficient (Wildman–Crippen LogP) is 2.31. The van der Waals surface area contributed by atoms with Crippen LogP contribution in [0.4, 0.5) is 0 Å². The number of aromatic nitrogens is 1. The van der Waals surface area contributed by atoms with Crippen molar-refractivity contribution in [2.24, 2.45) is 0 Å². The number of hydrogen-bond acceptors (Lipinski definition) is 7. The fraction of sp³-hybridized carbons (Fsp3) is 0.409. The number of benzene rings is 1. The zero-order chi connectivity index (χ0) is 23.7. The standard InChI is InChI=1S/C22H29N3O7/c1-6-9-31-16-8-7-15(12-17(16)30-5)20(26)24-25-21(27)19-13(2)18(14(3)23-19)22(28)32-11-10-29-4/h7-8,12,23H,6,9-11H2,1-5H3,(H,24,26)(H,25,27). The molecule has 0 atom stereocenters. The first-order valence-electron chi connectivity index (χ1n) is 10.1. The molecule has 0 aliphatic carbocycles. The number of H-pyrrole nitrogens is 1. The number of methoxy groups -OCH3 is 2. The number of hydrazine groups is 1. The van der Waals surface area contributed by atoms with E-state index in [0.717, 1.165) is 6.42 Å². The first-order chi connectivity index (χ1) is 15.3. The summed E-state index contributed by atoms with van der Waals surface area (Å²) in [5.41, 5.74) is 6.27. The zero-order valence-corrected chi connectivity index (χ0v) is 18.9. The van der Waals surface area contributed by atoms with E-state index in [1.807, 2.05) is 6.92 Å². The average molecular weight is 447 g/mol. The van der Waals surface area contributed by atoms with E-state index in [0.29, 0.717) is 29.4 Å². The third-order valence-corrected chi connectivity index (χ3v) is 4.57. The number of rotatable bonds is 10. The van der Waals surface area contributed by atoms with Gasteiger partial charge in [0.1, 0.15) is 12.3 Å². The van der Waals surface area contributed by atoms with Crippen LogP contribution in [0.1, 0.15) is 55.8 Å². The molecule has 0 radical (unpaired) electrons. The molecule has 0 saturated heterocycles. The molecule has 3 N–H and O–H groups in total. The Labute approximate surface area is 186 Å². The van der Waals surface area contributed by atoms with Gasteiger partial charge in [-0.15, -0.1) is 0 Å². The molecule has 1 aromatic heterocycles. The highest BCUT2D eigenvalue weighted by Crippen LogP contribution is 2.28. The first-order valence-corrected chi connectivity index (χ1v) is 10.1. The summed E-state index contributed by atoms with van der Waals surface area (Å²) in [6.45, 7) is 6.15. The maximum atomic E-state index is 12.6. The van der Waals surface area contributed by atoms with E-state index in [1.165, 1.54) is 20.3 Å². The SMILES string of the molecule is CCCOc1ccc(C(=O)NNC(=O)c2[nH]c(C)c(C(=O)OCCOC)c2C)cc1OC. The minimum Gasteiger partial charge on any atom is -0.493 e. The zero-order valence-electron chi connectivity index (χ0n) is 18.9. The Hall–Kier alpha value is -3.53. The summed E-state index contributed by atoms with van der Waals surface area (Å²) in [5.74, 6) is -0.778. The molecule has 2 rings (SSSR count). The smallest absolute Gasteiger partial charge is 0.340 e. The minimum atomic E-state index is -0.607. The van der Waals surface area contributed by atoms with Crippen LogP contribution in [0.3, 0.4) is 0 Å². The molecule has 0 fully saturated rings. The number of hydrogen-bond donors (Lipinski definition) is 3. The van der Waals surface area contributed by atoms with Crippen molar-refractivity contribution in [1.82, 2.24) is 15.8 Å². The molecular weight excluding hydrogens is 418 g/mol. The molecule has 2 amide bonds. The van der Waals surface area contributed by atoms with Crippen molar-refractivity contribution in [3.05, 3.63) is 46.3 Å². The summed E-state index contributed by atoms with van der Waals surface area (Å²) >= 11 is 0. The van der Waals surface area contributed by atoms with E-state index in [-0.39, 0.29) is 30.0 Å². The van der Waals surface area contributed by atoms with Gasteiger partial charge in [-0.05, 0) is 44.0 Å². The fourth-order valence-corrected chi connectivity index (χ4v) is 2.96. The first kappa shape index (κ1) is 24.7. The lowest BCUT2D eigenvalue weighted by Crippen LogP contribution is -2.42. The molecule has 174 valence electrons. The second-order valence-electron chi connectivity index (χ2n) is 6.88. The maximum absolute atomic E-state index is 12.6. The van der Waals surface area contributed by atoms with Crippen molar-refractivity contribution in [2.75, 3.05) is 34.0 Å². The number of nitrogens with one attached hydrogen (secondary N) is 3. The fourth-order valence-electron chi connectivity index (χ4n) is 2.96. The lowest BCUT2D eigenvalue weighted by molar-refractivity contribution is 0.0386. The van der Waals surface area contributed by atoms with Crippen LogP contribution >= 0.6 is 0 Å². The van der Waals surface area contributed by atoms with E-state index in [4.69, 9.17) is 18.9 Å². The van der Waals surface area contributed by atoms with Crippen molar-refractivity contribution in [3.8, 4) is 11.5 Å². The lowest BCUT2D eigenvalue weighted by atomic mass is 10.1. The van der Waals surface area contributed by atoms with Gasteiger partial charge in [-0.2, -0.15) is 0 Å². The third kappa shape index (κ3) is 6.01. The molecule has 10 nitrogen and oxygen atoms in total. The third-order valence-electron chi connectivity index (χ3n) is 4.57. The van der Waals surface area contributed by atoms with Crippen LogP contribution in [0.15, 0.2) is 18.2 Å². The van der Waals surface area contributed by atoms with Gasteiger partial charge in [0.15, 0.2) is 11.5 Å². The van der Waals surface area contributed by atoms with Gasteiger partial charge in [-0.1, -0.05) is 6.92 Å². The molecule has 0 aliphatic heterocycles. The largest absolute Gasteiger partial charge is 0.493 e. The molecular formula is C22H29N3O7. The van der Waals surface area contributed by atoms with Crippen LogP contribution in [-0.2, 0) is 9.47 Å². The van der Waals surface area contributed by atoms with Crippen LogP contribution < -0.4 is 20.3 Å². The van der Waals surface area contributed by atoms with Gasteiger partial charge in [0.2, 0.25) is 0 Å².